The smallest absolute Gasteiger partial charge is 0.266 e. The number of amides is 2. The van der Waals surface area contributed by atoms with Crippen LogP contribution in [0.15, 0.2) is 71.2 Å². The molecule has 3 aromatic carbocycles. The van der Waals surface area contributed by atoms with Crippen LogP contribution in [-0.2, 0) is 0 Å². The predicted octanol–water partition coefficient (Wildman–Crippen LogP) is 5.16. The molecule has 0 bridgehead atoms. The predicted molar refractivity (Wildman–Crippen MR) is 113 cm³/mol. The second kappa shape index (κ2) is 7.81. The molecule has 0 atom stereocenters. The fourth-order valence-electron chi connectivity index (χ4n) is 3.06. The van der Waals surface area contributed by atoms with E-state index < -0.39 is 11.8 Å². The molecule has 5 nitrogen and oxygen atoms in total. The van der Waals surface area contributed by atoms with Crippen LogP contribution in [0.2, 0.25) is 5.02 Å². The van der Waals surface area contributed by atoms with Crippen LogP contribution in [0.5, 0.6) is 5.75 Å². The minimum atomic E-state index is -0.461. The molecule has 1 heterocycles. The molecule has 144 valence electrons. The van der Waals surface area contributed by atoms with Crippen molar-refractivity contribution in [3.63, 3.8) is 0 Å². The summed E-state index contributed by atoms with van der Waals surface area (Å²) in [7, 11) is 0. The molecule has 29 heavy (non-hydrogen) atoms. The molecule has 0 spiro atoms. The number of imide groups is 1. The van der Waals surface area contributed by atoms with Gasteiger partial charge in [-0.25, -0.2) is 4.90 Å². The van der Waals surface area contributed by atoms with E-state index in [0.29, 0.717) is 21.7 Å². The number of fused-ring (bicyclic) bond motifs is 1. The Balaban J connectivity index is 1.62. The molecular formula is C22H13BrClNO4. The van der Waals surface area contributed by atoms with E-state index in [1.807, 2.05) is 0 Å². The Bertz CT molecular complexity index is 1110. The van der Waals surface area contributed by atoms with Crippen molar-refractivity contribution in [2.75, 3.05) is 11.5 Å². The maximum absolute atomic E-state index is 12.8. The molecule has 0 radical (unpaired) electrons. The van der Waals surface area contributed by atoms with Gasteiger partial charge in [0.25, 0.3) is 11.8 Å². The quantitative estimate of drug-likeness (QED) is 0.381. The first-order chi connectivity index (χ1) is 14.0. The van der Waals surface area contributed by atoms with Crippen molar-refractivity contribution >= 4 is 50.8 Å². The van der Waals surface area contributed by atoms with E-state index in [1.165, 1.54) is 12.1 Å². The van der Waals surface area contributed by atoms with Crippen molar-refractivity contribution in [2.24, 2.45) is 0 Å². The molecule has 4 rings (SSSR count). The van der Waals surface area contributed by atoms with Gasteiger partial charge in [0.1, 0.15) is 5.75 Å². The number of ether oxygens (including phenoxy) is 1. The van der Waals surface area contributed by atoms with Crippen LogP contribution in [-0.4, -0.2) is 24.2 Å². The molecule has 7 heteroatoms. The first-order valence-electron chi connectivity index (χ1n) is 8.64. The molecule has 0 aliphatic carbocycles. The first kappa shape index (κ1) is 19.4. The standard InChI is InChI=1S/C22H13BrClNO4/c23-14-7-5-13(6-8-14)19(26)12-29-20-10-9-15(24)11-18(20)25-21(27)16-3-1-2-4-17(16)22(25)28/h1-11H,12H2. The molecule has 0 unspecified atom stereocenters. The maximum atomic E-state index is 12.8. The number of nitrogens with zero attached hydrogens (tertiary/aromatic N) is 1. The van der Waals surface area contributed by atoms with Gasteiger partial charge >= 0.3 is 0 Å². The Morgan fingerprint density at radius 3 is 2.17 bits per heavy atom. The molecule has 0 aromatic heterocycles. The summed E-state index contributed by atoms with van der Waals surface area (Å²) in [5.74, 6) is -0.941. The summed E-state index contributed by atoms with van der Waals surface area (Å²) in [6.45, 7) is -0.251. The highest BCUT2D eigenvalue weighted by Crippen LogP contribution is 2.36. The van der Waals surface area contributed by atoms with Gasteiger partial charge in [-0.15, -0.1) is 0 Å². The molecule has 0 N–H and O–H groups in total. The average molecular weight is 471 g/mol. The molecule has 1 aliphatic rings. The minimum Gasteiger partial charge on any atom is -0.483 e. The lowest BCUT2D eigenvalue weighted by Gasteiger charge is -2.18. The molecule has 0 saturated carbocycles. The van der Waals surface area contributed by atoms with Crippen molar-refractivity contribution in [1.29, 1.82) is 0 Å². The topological polar surface area (TPSA) is 63.7 Å². The number of rotatable bonds is 5. The Labute approximate surface area is 180 Å². The van der Waals surface area contributed by atoms with Crippen LogP contribution in [0.4, 0.5) is 5.69 Å². The van der Waals surface area contributed by atoms with Crippen LogP contribution >= 0.6 is 27.5 Å². The average Bonchev–Trinajstić information content (AvgIpc) is 2.98. The lowest BCUT2D eigenvalue weighted by molar-refractivity contribution is 0.0922. The van der Waals surface area contributed by atoms with Crippen LogP contribution in [0.3, 0.4) is 0 Å². The molecule has 0 saturated heterocycles. The Morgan fingerprint density at radius 2 is 1.55 bits per heavy atom. The van der Waals surface area contributed by atoms with Gasteiger partial charge in [0.2, 0.25) is 0 Å². The van der Waals surface area contributed by atoms with Crippen molar-refractivity contribution in [3.05, 3.63) is 92.9 Å². The zero-order chi connectivity index (χ0) is 20.5. The fraction of sp³-hybridized carbons (Fsp3) is 0.0455. The number of carbonyl (C=O) groups excluding carboxylic acids is 3. The first-order valence-corrected chi connectivity index (χ1v) is 9.82. The van der Waals surface area contributed by atoms with Crippen LogP contribution in [0.1, 0.15) is 31.1 Å². The summed E-state index contributed by atoms with van der Waals surface area (Å²) in [5, 5.41) is 0.336. The zero-order valence-electron chi connectivity index (χ0n) is 14.9. The number of hydrogen-bond acceptors (Lipinski definition) is 4. The van der Waals surface area contributed by atoms with E-state index in [-0.39, 0.29) is 23.8 Å². The van der Waals surface area contributed by atoms with E-state index in [2.05, 4.69) is 15.9 Å². The highest BCUT2D eigenvalue weighted by molar-refractivity contribution is 9.10. The third-order valence-electron chi connectivity index (χ3n) is 4.48. The van der Waals surface area contributed by atoms with Crippen LogP contribution in [0, 0.1) is 0 Å². The summed E-state index contributed by atoms with van der Waals surface area (Å²) >= 11 is 9.42. The summed E-state index contributed by atoms with van der Waals surface area (Å²) in [6.07, 6.45) is 0. The van der Waals surface area contributed by atoms with E-state index in [9.17, 15) is 14.4 Å². The number of Topliss-reactive ketones (excluding diaryl/α,β-unsaturated/α-hetero) is 1. The Kier molecular flexibility index (Phi) is 5.22. The number of benzene rings is 3. The summed E-state index contributed by atoms with van der Waals surface area (Å²) in [6, 6.07) is 18.1. The van der Waals surface area contributed by atoms with Crippen LogP contribution in [0.25, 0.3) is 0 Å². The van der Waals surface area contributed by atoms with E-state index in [0.717, 1.165) is 9.37 Å². The van der Waals surface area contributed by atoms with E-state index >= 15 is 0 Å². The normalized spacial score (nSPS) is 12.8. The second-order valence-electron chi connectivity index (χ2n) is 6.32. The van der Waals surface area contributed by atoms with Gasteiger partial charge in [-0.2, -0.15) is 0 Å². The van der Waals surface area contributed by atoms with E-state index in [4.69, 9.17) is 16.3 Å². The summed E-state index contributed by atoms with van der Waals surface area (Å²) in [5.41, 5.74) is 1.32. The fourth-order valence-corrected chi connectivity index (χ4v) is 3.49. The minimum absolute atomic E-state index is 0.201. The third-order valence-corrected chi connectivity index (χ3v) is 5.24. The number of ketones is 1. The maximum Gasteiger partial charge on any atom is 0.266 e. The van der Waals surface area contributed by atoms with Crippen molar-refractivity contribution in [1.82, 2.24) is 0 Å². The van der Waals surface area contributed by atoms with Gasteiger partial charge in [0, 0.05) is 15.1 Å². The Hall–Kier alpha value is -2.96. The molecule has 3 aromatic rings. The number of anilines is 1. The monoisotopic (exact) mass is 469 g/mol. The third kappa shape index (κ3) is 3.69. The molecular weight excluding hydrogens is 458 g/mol. The van der Waals surface area contributed by atoms with Gasteiger partial charge in [0.05, 0.1) is 16.8 Å². The summed E-state index contributed by atoms with van der Waals surface area (Å²) in [4.78, 5) is 39.0. The van der Waals surface area contributed by atoms with Gasteiger partial charge in [-0.1, -0.05) is 51.8 Å². The van der Waals surface area contributed by atoms with Gasteiger partial charge in [-0.3, -0.25) is 14.4 Å². The van der Waals surface area contributed by atoms with Gasteiger partial charge in [-0.05, 0) is 42.5 Å². The van der Waals surface area contributed by atoms with Crippen molar-refractivity contribution in [3.8, 4) is 5.75 Å². The second-order valence-corrected chi connectivity index (χ2v) is 7.67. The number of carbonyl (C=O) groups is 3. The van der Waals surface area contributed by atoms with Crippen molar-refractivity contribution < 1.29 is 19.1 Å². The number of halogens is 2. The SMILES string of the molecule is O=C(COc1ccc(Cl)cc1N1C(=O)c2ccccc2C1=O)c1ccc(Br)cc1. The van der Waals surface area contributed by atoms with Crippen molar-refractivity contribution in [2.45, 2.75) is 0 Å². The largest absolute Gasteiger partial charge is 0.483 e. The highest BCUT2D eigenvalue weighted by Gasteiger charge is 2.38. The van der Waals surface area contributed by atoms with E-state index in [1.54, 1.807) is 54.6 Å². The zero-order valence-corrected chi connectivity index (χ0v) is 17.2. The lowest BCUT2D eigenvalue weighted by Crippen LogP contribution is -2.30. The number of hydrogen-bond donors (Lipinski definition) is 0. The highest BCUT2D eigenvalue weighted by atomic mass is 79.9. The molecule has 1 aliphatic heterocycles. The summed E-state index contributed by atoms with van der Waals surface area (Å²) < 4.78 is 6.54. The van der Waals surface area contributed by atoms with Crippen LogP contribution < -0.4 is 9.64 Å². The molecule has 0 fully saturated rings. The lowest BCUT2D eigenvalue weighted by atomic mass is 10.1. The van der Waals surface area contributed by atoms with Gasteiger partial charge < -0.3 is 4.74 Å². The van der Waals surface area contributed by atoms with Gasteiger partial charge in [0.15, 0.2) is 12.4 Å². The Morgan fingerprint density at radius 1 is 0.931 bits per heavy atom. The molecule has 2 amide bonds.